The van der Waals surface area contributed by atoms with Crippen LogP contribution < -0.4 is 15.7 Å². The van der Waals surface area contributed by atoms with E-state index in [0.29, 0.717) is 30.4 Å². The van der Waals surface area contributed by atoms with Gasteiger partial charge in [0.05, 0.1) is 29.0 Å². The number of carbonyl (C=O) groups excluding carboxylic acids is 1. The van der Waals surface area contributed by atoms with Gasteiger partial charge in [-0.05, 0) is 51.0 Å². The number of oxazole rings is 1. The number of benzene rings is 1. The fourth-order valence-electron chi connectivity index (χ4n) is 4.23. The monoisotopic (exact) mass is 452 g/mol. The van der Waals surface area contributed by atoms with Crippen LogP contribution in [-0.2, 0) is 0 Å². The highest BCUT2D eigenvalue weighted by atomic mass is 35.5. The van der Waals surface area contributed by atoms with E-state index in [1.165, 1.54) is 4.80 Å². The number of rotatable bonds is 3. The summed E-state index contributed by atoms with van der Waals surface area (Å²) in [5.74, 6) is -0.0197. The van der Waals surface area contributed by atoms with Crippen LogP contribution in [0, 0.1) is 6.92 Å². The molecule has 2 unspecified atom stereocenters. The number of anilines is 1. The zero-order chi connectivity index (χ0) is 22.2. The fraction of sp³-hybridized carbons (Fsp3) is 0.391. The van der Waals surface area contributed by atoms with E-state index in [2.05, 4.69) is 27.0 Å². The van der Waals surface area contributed by atoms with E-state index in [4.69, 9.17) is 16.0 Å². The molecular formula is C23H25ClN6O2. The van der Waals surface area contributed by atoms with Crippen molar-refractivity contribution in [1.82, 2.24) is 24.9 Å². The number of hydrogen-bond acceptors (Lipinski definition) is 6. The number of hydrogen-bond donors (Lipinski definition) is 0. The van der Waals surface area contributed by atoms with Crippen LogP contribution in [0.1, 0.15) is 35.7 Å². The molecule has 0 radical (unpaired) electrons. The van der Waals surface area contributed by atoms with Crippen molar-refractivity contribution < 1.29 is 9.21 Å². The molecule has 2 aromatic heterocycles. The van der Waals surface area contributed by atoms with Gasteiger partial charge in [0.2, 0.25) is 0 Å². The molecule has 32 heavy (non-hydrogen) atoms. The zero-order valence-corrected chi connectivity index (χ0v) is 18.9. The minimum absolute atomic E-state index is 0.0197. The molecule has 166 valence electrons. The van der Waals surface area contributed by atoms with Crippen LogP contribution in [0.2, 0.25) is 0 Å². The molecule has 8 nitrogen and oxygen atoms in total. The van der Waals surface area contributed by atoms with E-state index in [1.807, 2.05) is 42.2 Å². The minimum Gasteiger partial charge on any atom is -0.424 e. The average Bonchev–Trinajstić information content (AvgIpc) is 3.41. The Labute approximate surface area is 190 Å². The van der Waals surface area contributed by atoms with Gasteiger partial charge in [0.1, 0.15) is 5.35 Å². The van der Waals surface area contributed by atoms with Crippen molar-refractivity contribution in [1.29, 1.82) is 0 Å². The Kier molecular flexibility index (Phi) is 5.46. The van der Waals surface area contributed by atoms with Crippen LogP contribution in [0.4, 0.5) is 6.01 Å². The van der Waals surface area contributed by atoms with Crippen molar-refractivity contribution in [2.24, 2.45) is 0 Å². The first-order valence-electron chi connectivity index (χ1n) is 10.9. The van der Waals surface area contributed by atoms with Gasteiger partial charge in [0.15, 0.2) is 5.42 Å². The van der Waals surface area contributed by atoms with Crippen LogP contribution >= 0.6 is 11.6 Å². The number of aryl methyl sites for hydroxylation is 1. The van der Waals surface area contributed by atoms with Crippen molar-refractivity contribution in [2.75, 3.05) is 24.5 Å². The standard InChI is InChI=1S/C23H25ClN6O2/c1-15-3-5-20(30-25-8-9-26-30)18(13-15)22(31)29-12-11-28(10-7-16(29)2)23-27-19-14-17(24)4-6-21(19)32-23/h3,5-6,8-9,13-14,16-17H,4,7,10-12H2,1-2H3. The second-order valence-corrected chi connectivity index (χ2v) is 8.89. The molecule has 1 aromatic carbocycles. The van der Waals surface area contributed by atoms with E-state index in [9.17, 15) is 4.79 Å². The topological polar surface area (TPSA) is 80.3 Å². The zero-order valence-electron chi connectivity index (χ0n) is 18.1. The lowest BCUT2D eigenvalue weighted by atomic mass is 10.1. The summed E-state index contributed by atoms with van der Waals surface area (Å²) in [6, 6.07) is 6.43. The molecule has 0 saturated carbocycles. The molecule has 0 bridgehead atoms. The van der Waals surface area contributed by atoms with E-state index in [0.717, 1.165) is 35.7 Å². The maximum atomic E-state index is 13.6. The fourth-order valence-corrected chi connectivity index (χ4v) is 4.44. The van der Waals surface area contributed by atoms with Crippen LogP contribution in [0.15, 0.2) is 35.0 Å². The summed E-state index contributed by atoms with van der Waals surface area (Å²) in [6.07, 6.45) is 8.69. The lowest BCUT2D eigenvalue weighted by Crippen LogP contribution is -2.40. The van der Waals surface area contributed by atoms with Crippen LogP contribution in [-0.4, -0.2) is 61.8 Å². The summed E-state index contributed by atoms with van der Waals surface area (Å²) in [7, 11) is 0. The number of aromatic nitrogens is 4. The molecule has 3 aromatic rings. The van der Waals surface area contributed by atoms with E-state index in [-0.39, 0.29) is 17.3 Å². The third kappa shape index (κ3) is 3.90. The number of carbonyl (C=O) groups is 1. The number of nitrogens with zero attached hydrogens (tertiary/aromatic N) is 6. The Bertz CT molecular complexity index is 1250. The van der Waals surface area contributed by atoms with Gasteiger partial charge in [-0.15, -0.1) is 11.6 Å². The molecule has 5 rings (SSSR count). The maximum Gasteiger partial charge on any atom is 0.298 e. The molecule has 1 saturated heterocycles. The summed E-state index contributed by atoms with van der Waals surface area (Å²) in [5, 5.41) is 9.19. The summed E-state index contributed by atoms with van der Waals surface area (Å²) < 4.78 is 5.99. The summed E-state index contributed by atoms with van der Waals surface area (Å²) in [5.41, 5.74) is 3.08. The SMILES string of the molecule is Cc1ccc(-n2nccn2)c(C(=O)N2CCN(c3nc4c(o3)=CCC(Cl)C=4)CCC2C)c1. The molecule has 2 atom stereocenters. The highest BCUT2D eigenvalue weighted by Gasteiger charge is 2.29. The molecule has 2 aliphatic rings. The van der Waals surface area contributed by atoms with Gasteiger partial charge < -0.3 is 14.2 Å². The Balaban J connectivity index is 1.40. The maximum absolute atomic E-state index is 13.6. The summed E-state index contributed by atoms with van der Waals surface area (Å²) >= 11 is 6.22. The molecule has 1 amide bonds. The van der Waals surface area contributed by atoms with E-state index < -0.39 is 0 Å². The number of amides is 1. The van der Waals surface area contributed by atoms with Gasteiger partial charge in [-0.3, -0.25) is 4.79 Å². The van der Waals surface area contributed by atoms with Crippen molar-refractivity contribution >= 4 is 35.7 Å². The lowest BCUT2D eigenvalue weighted by molar-refractivity contribution is 0.0704. The molecule has 3 heterocycles. The Morgan fingerprint density at radius 2 is 2.00 bits per heavy atom. The van der Waals surface area contributed by atoms with E-state index >= 15 is 0 Å². The van der Waals surface area contributed by atoms with Crippen LogP contribution in [0.25, 0.3) is 17.8 Å². The van der Waals surface area contributed by atoms with E-state index in [1.54, 1.807) is 12.4 Å². The Hall–Kier alpha value is -3.13. The van der Waals surface area contributed by atoms with Crippen molar-refractivity contribution in [2.45, 2.75) is 38.1 Å². The van der Waals surface area contributed by atoms with Gasteiger partial charge in [-0.25, -0.2) is 0 Å². The first-order chi connectivity index (χ1) is 15.5. The van der Waals surface area contributed by atoms with Crippen LogP contribution in [0.5, 0.6) is 0 Å². The molecule has 1 fully saturated rings. The first kappa shape index (κ1) is 20.8. The molecule has 0 spiro atoms. The molecular weight excluding hydrogens is 428 g/mol. The van der Waals surface area contributed by atoms with Gasteiger partial charge in [0.25, 0.3) is 11.9 Å². The number of halogens is 1. The predicted molar refractivity (Wildman–Crippen MR) is 122 cm³/mol. The summed E-state index contributed by atoms with van der Waals surface area (Å²) in [4.78, 5) is 23.8. The largest absolute Gasteiger partial charge is 0.424 e. The first-order valence-corrected chi connectivity index (χ1v) is 11.3. The van der Waals surface area contributed by atoms with Gasteiger partial charge >= 0.3 is 0 Å². The van der Waals surface area contributed by atoms with Gasteiger partial charge in [-0.2, -0.15) is 20.0 Å². The van der Waals surface area contributed by atoms with Crippen molar-refractivity contribution in [3.8, 4) is 5.69 Å². The minimum atomic E-state index is -0.0504. The Morgan fingerprint density at radius 3 is 2.81 bits per heavy atom. The molecule has 9 heteroatoms. The normalized spacial score (nSPS) is 20.8. The molecule has 1 aliphatic heterocycles. The third-order valence-corrected chi connectivity index (χ3v) is 6.35. The second kappa shape index (κ2) is 8.43. The highest BCUT2D eigenvalue weighted by Crippen LogP contribution is 2.22. The Morgan fingerprint density at radius 1 is 1.19 bits per heavy atom. The molecule has 0 N–H and O–H groups in total. The second-order valence-electron chi connectivity index (χ2n) is 8.33. The highest BCUT2D eigenvalue weighted by molar-refractivity contribution is 6.24. The lowest BCUT2D eigenvalue weighted by Gasteiger charge is -2.27. The summed E-state index contributed by atoms with van der Waals surface area (Å²) in [6.45, 7) is 6.03. The van der Waals surface area contributed by atoms with Crippen LogP contribution in [0.3, 0.4) is 0 Å². The molecule has 1 aliphatic carbocycles. The van der Waals surface area contributed by atoms with Gasteiger partial charge in [-0.1, -0.05) is 11.6 Å². The van der Waals surface area contributed by atoms with Gasteiger partial charge in [0, 0.05) is 25.7 Å². The smallest absolute Gasteiger partial charge is 0.298 e. The van der Waals surface area contributed by atoms with Crippen molar-refractivity contribution in [3.05, 3.63) is 52.5 Å². The quantitative estimate of drug-likeness (QED) is 0.564. The number of alkyl halides is 1. The van der Waals surface area contributed by atoms with Crippen molar-refractivity contribution in [3.63, 3.8) is 0 Å². The third-order valence-electron chi connectivity index (χ3n) is 6.04. The number of fused-ring (bicyclic) bond motifs is 1. The predicted octanol–water partition coefficient (Wildman–Crippen LogP) is 1.88. The average molecular weight is 453 g/mol.